The minimum atomic E-state index is 0.149. The zero-order chi connectivity index (χ0) is 15.5. The topological polar surface area (TPSA) is 33.3 Å². The number of nitrogens with zero attached hydrogens (tertiary/aromatic N) is 1. The number of hydrogen-bond acceptors (Lipinski definition) is 2. The van der Waals surface area contributed by atoms with E-state index < -0.39 is 0 Å². The Balaban J connectivity index is 1.97. The van der Waals surface area contributed by atoms with E-state index in [9.17, 15) is 5.11 Å². The number of pyridine rings is 1. The molecule has 0 bridgehead atoms. The number of benzene rings is 2. The van der Waals surface area contributed by atoms with E-state index >= 15 is 0 Å². The van der Waals surface area contributed by atoms with E-state index in [1.165, 1.54) is 10.9 Å². The van der Waals surface area contributed by atoms with Gasteiger partial charge in [0.1, 0.15) is 7.05 Å². The maximum absolute atomic E-state index is 9.63. The number of fused-ring (bicyclic) bond motifs is 1. The van der Waals surface area contributed by atoms with Crippen molar-refractivity contribution in [3.8, 4) is 11.5 Å². The van der Waals surface area contributed by atoms with Crippen LogP contribution in [0.5, 0.6) is 11.5 Å². The Morgan fingerprint density at radius 2 is 1.82 bits per heavy atom. The maximum atomic E-state index is 9.63. The number of aromatic nitrogens is 1. The zero-order valence-corrected chi connectivity index (χ0v) is 12.7. The normalized spacial score (nSPS) is 11.2. The number of ether oxygens (including phenoxy) is 1. The largest absolute Gasteiger partial charge is 0.504 e. The van der Waals surface area contributed by atoms with Gasteiger partial charge in [-0.3, -0.25) is 0 Å². The molecule has 0 saturated carbocycles. The summed E-state index contributed by atoms with van der Waals surface area (Å²) in [6.45, 7) is 0. The molecule has 0 atom stereocenters. The fourth-order valence-corrected chi connectivity index (χ4v) is 2.51. The SMILES string of the molecule is COc1cc(/C=C/c2ccc3ccccc3[n+]2C)ccc1O. The summed E-state index contributed by atoms with van der Waals surface area (Å²) < 4.78 is 7.29. The van der Waals surface area contributed by atoms with Crippen molar-refractivity contribution >= 4 is 23.1 Å². The lowest BCUT2D eigenvalue weighted by molar-refractivity contribution is -0.646. The van der Waals surface area contributed by atoms with Crippen LogP contribution in [0.4, 0.5) is 0 Å². The number of phenols is 1. The average Bonchev–Trinajstić information content (AvgIpc) is 2.56. The van der Waals surface area contributed by atoms with E-state index in [4.69, 9.17) is 4.74 Å². The third kappa shape index (κ3) is 2.66. The molecule has 0 fully saturated rings. The number of aryl methyl sites for hydroxylation is 1. The molecular formula is C19H18NO2+. The van der Waals surface area contributed by atoms with Crippen LogP contribution in [-0.4, -0.2) is 12.2 Å². The van der Waals surface area contributed by atoms with Crippen LogP contribution in [0.3, 0.4) is 0 Å². The fraction of sp³-hybridized carbons (Fsp3) is 0.105. The van der Waals surface area contributed by atoms with Gasteiger partial charge in [-0.2, -0.15) is 4.57 Å². The Labute approximate surface area is 129 Å². The summed E-state index contributed by atoms with van der Waals surface area (Å²) in [6, 6.07) is 17.8. The van der Waals surface area contributed by atoms with E-state index in [0.717, 1.165) is 11.3 Å². The van der Waals surface area contributed by atoms with Gasteiger partial charge in [0, 0.05) is 23.6 Å². The predicted molar refractivity (Wildman–Crippen MR) is 88.7 cm³/mol. The Morgan fingerprint density at radius 3 is 2.64 bits per heavy atom. The number of rotatable bonds is 3. The standard InChI is InChI=1S/C19H17NO2/c1-20-16(11-9-15-5-3-4-6-17(15)20)10-7-14-8-12-18(21)19(13-14)22-2/h3-13H,1-2H3/p+1. The lowest BCUT2D eigenvalue weighted by atomic mass is 10.1. The Morgan fingerprint density at radius 1 is 1.00 bits per heavy atom. The molecule has 1 heterocycles. The monoisotopic (exact) mass is 292 g/mol. The first-order valence-electron chi connectivity index (χ1n) is 7.12. The van der Waals surface area contributed by atoms with Crippen molar-refractivity contribution in [3.05, 3.63) is 65.9 Å². The second-order valence-electron chi connectivity index (χ2n) is 5.14. The highest BCUT2D eigenvalue weighted by molar-refractivity contribution is 5.77. The van der Waals surface area contributed by atoms with Crippen LogP contribution in [0.1, 0.15) is 11.3 Å². The lowest BCUT2D eigenvalue weighted by Crippen LogP contribution is -2.32. The maximum Gasteiger partial charge on any atom is 0.212 e. The third-order valence-electron chi connectivity index (χ3n) is 3.77. The molecule has 0 amide bonds. The second-order valence-corrected chi connectivity index (χ2v) is 5.14. The molecule has 0 radical (unpaired) electrons. The number of para-hydroxylation sites is 1. The molecule has 2 aromatic carbocycles. The van der Waals surface area contributed by atoms with Gasteiger partial charge in [-0.25, -0.2) is 0 Å². The summed E-state index contributed by atoms with van der Waals surface area (Å²) in [4.78, 5) is 0. The molecule has 3 nitrogen and oxygen atoms in total. The Bertz CT molecular complexity index is 853. The molecule has 0 aliphatic heterocycles. The minimum Gasteiger partial charge on any atom is -0.504 e. The highest BCUT2D eigenvalue weighted by atomic mass is 16.5. The van der Waals surface area contributed by atoms with Gasteiger partial charge < -0.3 is 9.84 Å². The van der Waals surface area contributed by atoms with Crippen LogP contribution in [0.25, 0.3) is 23.1 Å². The molecule has 0 spiro atoms. The number of hydrogen-bond donors (Lipinski definition) is 1. The van der Waals surface area contributed by atoms with Gasteiger partial charge >= 0.3 is 0 Å². The van der Waals surface area contributed by atoms with Crippen molar-refractivity contribution < 1.29 is 14.4 Å². The summed E-state index contributed by atoms with van der Waals surface area (Å²) in [5.74, 6) is 0.626. The molecule has 3 rings (SSSR count). The summed E-state index contributed by atoms with van der Waals surface area (Å²) in [5, 5.41) is 10.8. The first kappa shape index (κ1) is 14.1. The Kier molecular flexibility index (Phi) is 3.79. The van der Waals surface area contributed by atoms with E-state index in [1.54, 1.807) is 13.2 Å². The Hall–Kier alpha value is -2.81. The first-order valence-corrected chi connectivity index (χ1v) is 7.12. The second kappa shape index (κ2) is 5.90. The zero-order valence-electron chi connectivity index (χ0n) is 12.7. The highest BCUT2D eigenvalue weighted by Gasteiger charge is 2.08. The average molecular weight is 292 g/mol. The molecular weight excluding hydrogens is 274 g/mol. The quantitative estimate of drug-likeness (QED) is 0.749. The van der Waals surface area contributed by atoms with E-state index in [1.807, 2.05) is 30.3 Å². The van der Waals surface area contributed by atoms with Crippen molar-refractivity contribution in [2.75, 3.05) is 7.11 Å². The van der Waals surface area contributed by atoms with Gasteiger partial charge in [0.15, 0.2) is 11.5 Å². The molecule has 0 unspecified atom stereocenters. The van der Waals surface area contributed by atoms with Crippen LogP contribution >= 0.6 is 0 Å². The van der Waals surface area contributed by atoms with Gasteiger partial charge in [0.05, 0.1) is 7.11 Å². The van der Waals surface area contributed by atoms with Gasteiger partial charge in [0.2, 0.25) is 11.2 Å². The summed E-state index contributed by atoms with van der Waals surface area (Å²) in [7, 11) is 3.60. The fourth-order valence-electron chi connectivity index (χ4n) is 2.51. The number of phenolic OH excluding ortho intramolecular Hbond substituents is 1. The van der Waals surface area contributed by atoms with Crippen LogP contribution in [0, 0.1) is 0 Å². The number of aromatic hydroxyl groups is 1. The third-order valence-corrected chi connectivity index (χ3v) is 3.77. The predicted octanol–water partition coefficient (Wildman–Crippen LogP) is 3.55. The van der Waals surface area contributed by atoms with Crippen LogP contribution in [-0.2, 0) is 7.05 Å². The molecule has 0 aliphatic rings. The molecule has 0 saturated heterocycles. The van der Waals surface area contributed by atoms with Crippen molar-refractivity contribution in [2.24, 2.45) is 7.05 Å². The van der Waals surface area contributed by atoms with Crippen molar-refractivity contribution in [1.82, 2.24) is 0 Å². The van der Waals surface area contributed by atoms with Gasteiger partial charge in [-0.05, 0) is 35.9 Å². The molecule has 110 valence electrons. The van der Waals surface area contributed by atoms with E-state index in [-0.39, 0.29) is 5.75 Å². The minimum absolute atomic E-state index is 0.149. The highest BCUT2D eigenvalue weighted by Crippen LogP contribution is 2.27. The van der Waals surface area contributed by atoms with Gasteiger partial charge in [0.25, 0.3) is 0 Å². The molecule has 22 heavy (non-hydrogen) atoms. The van der Waals surface area contributed by atoms with Crippen molar-refractivity contribution in [3.63, 3.8) is 0 Å². The summed E-state index contributed by atoms with van der Waals surface area (Å²) >= 11 is 0. The lowest BCUT2D eigenvalue weighted by Gasteiger charge is -2.03. The summed E-state index contributed by atoms with van der Waals surface area (Å²) in [6.07, 6.45) is 4.06. The number of methoxy groups -OCH3 is 1. The molecule has 3 heteroatoms. The molecule has 1 aromatic heterocycles. The molecule has 3 aromatic rings. The molecule has 1 N–H and O–H groups in total. The van der Waals surface area contributed by atoms with Gasteiger partial charge in [-0.15, -0.1) is 0 Å². The summed E-state index contributed by atoms with van der Waals surface area (Å²) in [5.41, 5.74) is 3.27. The smallest absolute Gasteiger partial charge is 0.212 e. The van der Waals surface area contributed by atoms with Crippen molar-refractivity contribution in [2.45, 2.75) is 0 Å². The van der Waals surface area contributed by atoms with Crippen LogP contribution in [0.15, 0.2) is 54.6 Å². The van der Waals surface area contributed by atoms with Crippen molar-refractivity contribution in [1.29, 1.82) is 0 Å². The van der Waals surface area contributed by atoms with Crippen LogP contribution < -0.4 is 9.30 Å². The van der Waals surface area contributed by atoms with Crippen LogP contribution in [0.2, 0.25) is 0 Å². The van der Waals surface area contributed by atoms with Gasteiger partial charge in [-0.1, -0.05) is 18.2 Å². The van der Waals surface area contributed by atoms with E-state index in [2.05, 4.69) is 42.0 Å². The van der Waals surface area contributed by atoms with E-state index in [0.29, 0.717) is 5.75 Å². The first-order chi connectivity index (χ1) is 10.7. The molecule has 0 aliphatic carbocycles.